The number of allylic oxidation sites excluding steroid dienone is 1. The molecule has 0 heterocycles. The molecule has 28 heavy (non-hydrogen) atoms. The number of hydrogen-bond donors (Lipinski definition) is 0. The Hall–Kier alpha value is -2.35. The highest BCUT2D eigenvalue weighted by molar-refractivity contribution is 6.07. The highest BCUT2D eigenvalue weighted by Crippen LogP contribution is 2.16. The minimum Gasteiger partial charge on any atom is -0.494 e. The molecule has 0 unspecified atom stereocenters. The number of hydrogen-bond acceptors (Lipinski definition) is 2. The van der Waals surface area contributed by atoms with E-state index in [1.54, 1.807) is 6.08 Å². The van der Waals surface area contributed by atoms with Crippen LogP contribution < -0.4 is 4.74 Å². The van der Waals surface area contributed by atoms with E-state index < -0.39 is 0 Å². The van der Waals surface area contributed by atoms with Gasteiger partial charge >= 0.3 is 0 Å². The summed E-state index contributed by atoms with van der Waals surface area (Å²) in [4.78, 5) is 12.4. The van der Waals surface area contributed by atoms with Crippen LogP contribution in [0.5, 0.6) is 5.75 Å². The number of ether oxygens (including phenoxy) is 1. The third-order valence-electron chi connectivity index (χ3n) is 4.89. The lowest BCUT2D eigenvalue weighted by atomic mass is 10.1. The molecule has 2 heteroatoms. The lowest BCUT2D eigenvalue weighted by Gasteiger charge is -2.07. The van der Waals surface area contributed by atoms with Gasteiger partial charge in [0.15, 0.2) is 5.78 Å². The summed E-state index contributed by atoms with van der Waals surface area (Å²) in [6.45, 7) is 5.02. The smallest absolute Gasteiger partial charge is 0.185 e. The molecule has 0 spiro atoms. The van der Waals surface area contributed by atoms with Crippen LogP contribution in [0, 0.1) is 6.92 Å². The van der Waals surface area contributed by atoms with Crippen LogP contribution in [0.25, 0.3) is 6.08 Å². The lowest BCUT2D eigenvalue weighted by molar-refractivity contribution is 0.104. The monoisotopic (exact) mass is 378 g/mol. The minimum atomic E-state index is -0.00176. The van der Waals surface area contributed by atoms with E-state index in [0.717, 1.165) is 17.7 Å². The topological polar surface area (TPSA) is 26.3 Å². The van der Waals surface area contributed by atoms with E-state index in [2.05, 4.69) is 13.8 Å². The SMILES string of the molecule is CCCCCCCCCCOc1cccc(C(=O)C=Cc2ccc(C)cc2)c1. The highest BCUT2D eigenvalue weighted by atomic mass is 16.5. The van der Waals surface area contributed by atoms with Crippen LogP contribution in [0.4, 0.5) is 0 Å². The van der Waals surface area contributed by atoms with Crippen LogP contribution in [0.15, 0.2) is 54.6 Å². The molecule has 0 aliphatic heterocycles. The number of ketones is 1. The van der Waals surface area contributed by atoms with Crippen molar-refractivity contribution in [2.45, 2.75) is 65.2 Å². The van der Waals surface area contributed by atoms with Crippen molar-refractivity contribution in [2.75, 3.05) is 6.61 Å². The molecule has 0 N–H and O–H groups in total. The Morgan fingerprint density at radius 2 is 1.57 bits per heavy atom. The molecule has 0 saturated heterocycles. The molecule has 2 aromatic carbocycles. The zero-order valence-electron chi connectivity index (χ0n) is 17.5. The van der Waals surface area contributed by atoms with Crippen LogP contribution in [0.3, 0.4) is 0 Å². The summed E-state index contributed by atoms with van der Waals surface area (Å²) in [7, 11) is 0. The number of carbonyl (C=O) groups is 1. The van der Waals surface area contributed by atoms with Gasteiger partial charge in [0.25, 0.3) is 0 Å². The fourth-order valence-electron chi connectivity index (χ4n) is 3.11. The summed E-state index contributed by atoms with van der Waals surface area (Å²) in [6, 6.07) is 15.6. The Labute approximate surface area is 170 Å². The molecule has 0 bridgehead atoms. The first-order valence-corrected chi connectivity index (χ1v) is 10.7. The first-order valence-electron chi connectivity index (χ1n) is 10.7. The quantitative estimate of drug-likeness (QED) is 0.206. The number of carbonyl (C=O) groups excluding carboxylic acids is 1. The Balaban J connectivity index is 1.72. The molecule has 0 fully saturated rings. The van der Waals surface area contributed by atoms with Gasteiger partial charge in [-0.15, -0.1) is 0 Å². The zero-order valence-corrected chi connectivity index (χ0v) is 17.5. The summed E-state index contributed by atoms with van der Waals surface area (Å²) in [5.41, 5.74) is 2.91. The second-order valence-electron chi connectivity index (χ2n) is 7.46. The van der Waals surface area contributed by atoms with E-state index in [4.69, 9.17) is 4.74 Å². The van der Waals surface area contributed by atoms with Crippen molar-refractivity contribution >= 4 is 11.9 Å². The third kappa shape index (κ3) is 8.56. The Morgan fingerprint density at radius 3 is 2.29 bits per heavy atom. The first kappa shape index (κ1) is 21.9. The Bertz CT molecular complexity index is 728. The van der Waals surface area contributed by atoms with Crippen LogP contribution in [-0.2, 0) is 0 Å². The third-order valence-corrected chi connectivity index (χ3v) is 4.89. The summed E-state index contributed by atoms with van der Waals surface area (Å²) in [6.07, 6.45) is 13.8. The molecule has 0 aliphatic rings. The summed E-state index contributed by atoms with van der Waals surface area (Å²) in [5.74, 6) is 0.774. The van der Waals surface area contributed by atoms with Gasteiger partial charge in [0.2, 0.25) is 0 Å². The molecule has 0 aromatic heterocycles. The maximum absolute atomic E-state index is 12.4. The average Bonchev–Trinajstić information content (AvgIpc) is 2.72. The highest BCUT2D eigenvalue weighted by Gasteiger charge is 2.04. The molecule has 0 aliphatic carbocycles. The van der Waals surface area contributed by atoms with Crippen molar-refractivity contribution in [3.63, 3.8) is 0 Å². The minimum absolute atomic E-state index is 0.00176. The number of benzene rings is 2. The molecule has 0 amide bonds. The Kier molecular flexibility index (Phi) is 10.1. The molecule has 0 saturated carbocycles. The zero-order chi connectivity index (χ0) is 20.0. The number of rotatable bonds is 13. The van der Waals surface area contributed by atoms with Gasteiger partial charge in [-0.1, -0.05) is 99.9 Å². The van der Waals surface area contributed by atoms with Gasteiger partial charge in [-0.25, -0.2) is 0 Å². The van der Waals surface area contributed by atoms with E-state index >= 15 is 0 Å². The normalized spacial score (nSPS) is 11.1. The fourth-order valence-corrected chi connectivity index (χ4v) is 3.11. The van der Waals surface area contributed by atoms with Crippen molar-refractivity contribution in [1.82, 2.24) is 0 Å². The van der Waals surface area contributed by atoms with Crippen molar-refractivity contribution in [3.05, 3.63) is 71.3 Å². The lowest BCUT2D eigenvalue weighted by Crippen LogP contribution is -1.99. The van der Waals surface area contributed by atoms with E-state index in [1.807, 2.05) is 54.6 Å². The molecule has 0 radical (unpaired) electrons. The van der Waals surface area contributed by atoms with Gasteiger partial charge in [0, 0.05) is 5.56 Å². The predicted molar refractivity (Wildman–Crippen MR) is 119 cm³/mol. The summed E-state index contributed by atoms with van der Waals surface area (Å²) < 4.78 is 5.84. The van der Waals surface area contributed by atoms with Crippen LogP contribution in [0.1, 0.15) is 79.8 Å². The summed E-state index contributed by atoms with van der Waals surface area (Å²) in [5, 5.41) is 0. The van der Waals surface area contributed by atoms with E-state index in [1.165, 1.54) is 50.5 Å². The summed E-state index contributed by atoms with van der Waals surface area (Å²) >= 11 is 0. The molecular weight excluding hydrogens is 344 g/mol. The molecule has 2 aromatic rings. The van der Waals surface area contributed by atoms with Gasteiger partial charge in [-0.05, 0) is 37.1 Å². The predicted octanol–water partition coefficient (Wildman–Crippen LogP) is 7.41. The van der Waals surface area contributed by atoms with Gasteiger partial charge in [-0.2, -0.15) is 0 Å². The van der Waals surface area contributed by atoms with E-state index in [0.29, 0.717) is 12.2 Å². The maximum Gasteiger partial charge on any atom is 0.185 e. The number of aryl methyl sites for hydroxylation is 1. The van der Waals surface area contributed by atoms with Gasteiger partial charge in [-0.3, -0.25) is 4.79 Å². The Morgan fingerprint density at radius 1 is 0.893 bits per heavy atom. The van der Waals surface area contributed by atoms with Gasteiger partial charge < -0.3 is 4.74 Å². The molecule has 0 atom stereocenters. The molecular formula is C26H34O2. The first-order chi connectivity index (χ1) is 13.7. The van der Waals surface area contributed by atoms with Crippen molar-refractivity contribution in [2.24, 2.45) is 0 Å². The van der Waals surface area contributed by atoms with Crippen LogP contribution >= 0.6 is 0 Å². The van der Waals surface area contributed by atoms with E-state index in [-0.39, 0.29) is 5.78 Å². The van der Waals surface area contributed by atoms with Gasteiger partial charge in [0.05, 0.1) is 6.61 Å². The standard InChI is InChI=1S/C26H34O2/c1-3-4-5-6-7-8-9-10-20-28-25-13-11-12-24(21-25)26(27)19-18-23-16-14-22(2)15-17-23/h11-19,21H,3-10,20H2,1-2H3. The second-order valence-corrected chi connectivity index (χ2v) is 7.46. The average molecular weight is 379 g/mol. The molecule has 2 nitrogen and oxygen atoms in total. The van der Waals surface area contributed by atoms with Crippen molar-refractivity contribution in [3.8, 4) is 5.75 Å². The molecule has 2 rings (SSSR count). The van der Waals surface area contributed by atoms with Gasteiger partial charge in [0.1, 0.15) is 5.75 Å². The number of unbranched alkanes of at least 4 members (excludes halogenated alkanes) is 7. The molecule has 150 valence electrons. The van der Waals surface area contributed by atoms with Crippen LogP contribution in [-0.4, -0.2) is 12.4 Å². The fraction of sp³-hybridized carbons (Fsp3) is 0.423. The van der Waals surface area contributed by atoms with Crippen molar-refractivity contribution < 1.29 is 9.53 Å². The largest absolute Gasteiger partial charge is 0.494 e. The van der Waals surface area contributed by atoms with Crippen molar-refractivity contribution in [1.29, 1.82) is 0 Å². The maximum atomic E-state index is 12.4. The second kappa shape index (κ2) is 12.9. The van der Waals surface area contributed by atoms with E-state index in [9.17, 15) is 4.79 Å². The van der Waals surface area contributed by atoms with Crippen LogP contribution in [0.2, 0.25) is 0 Å².